The van der Waals surface area contributed by atoms with Crippen molar-refractivity contribution in [2.24, 2.45) is 0 Å². The molecule has 1 N–H and O–H groups in total. The van der Waals surface area contributed by atoms with Crippen LogP contribution in [0.1, 0.15) is 12.5 Å². The van der Waals surface area contributed by atoms with E-state index in [1.54, 1.807) is 29.2 Å². The molecule has 0 unspecified atom stereocenters. The summed E-state index contributed by atoms with van der Waals surface area (Å²) in [7, 11) is -3.44. The number of halogens is 1. The van der Waals surface area contributed by atoms with Gasteiger partial charge in [0.05, 0.1) is 22.9 Å². The molecule has 0 spiro atoms. The summed E-state index contributed by atoms with van der Waals surface area (Å²) in [6.45, 7) is 3.16. The second kappa shape index (κ2) is 7.81. The number of hydrogen-bond donors (Lipinski definition) is 1. The molecule has 0 saturated heterocycles. The number of hydrogen-bond acceptors (Lipinski definition) is 6. The number of rotatable bonds is 5. The van der Waals surface area contributed by atoms with Gasteiger partial charge < -0.3 is 15.0 Å². The lowest BCUT2D eigenvalue weighted by Gasteiger charge is -2.29. The molecule has 1 heterocycles. The van der Waals surface area contributed by atoms with Crippen LogP contribution in [0.4, 0.5) is 11.4 Å². The number of esters is 1. The van der Waals surface area contributed by atoms with E-state index in [-0.39, 0.29) is 35.4 Å². The van der Waals surface area contributed by atoms with Gasteiger partial charge in [-0.05, 0) is 42.8 Å². The van der Waals surface area contributed by atoms with E-state index < -0.39 is 15.8 Å². The van der Waals surface area contributed by atoms with Gasteiger partial charge in [-0.3, -0.25) is 4.79 Å². The minimum Gasteiger partial charge on any atom is -0.423 e. The number of benzene rings is 2. The van der Waals surface area contributed by atoms with E-state index in [9.17, 15) is 18.0 Å². The predicted molar refractivity (Wildman–Crippen MR) is 107 cm³/mol. The Kier molecular flexibility index (Phi) is 5.62. The molecule has 1 amide bonds. The van der Waals surface area contributed by atoms with E-state index in [4.69, 9.17) is 16.3 Å². The summed E-state index contributed by atoms with van der Waals surface area (Å²) >= 11 is 5.92. The highest BCUT2D eigenvalue weighted by atomic mass is 35.5. The number of ether oxygens (including phenoxy) is 1. The number of amides is 1. The molecule has 0 radical (unpaired) electrons. The summed E-state index contributed by atoms with van der Waals surface area (Å²) in [6.07, 6.45) is 0. The summed E-state index contributed by atoms with van der Waals surface area (Å²) < 4.78 is 29.3. The Bertz CT molecular complexity index is 1050. The van der Waals surface area contributed by atoms with Crippen molar-refractivity contribution in [3.8, 4) is 5.75 Å². The maximum atomic E-state index is 12.5. The number of nitrogens with one attached hydrogen (secondary N) is 1. The van der Waals surface area contributed by atoms with Crippen LogP contribution in [0.15, 0.2) is 41.3 Å². The zero-order valence-electron chi connectivity index (χ0n) is 15.4. The number of sulfone groups is 1. The normalized spacial score (nSPS) is 13.7. The first-order valence-electron chi connectivity index (χ1n) is 8.58. The predicted octanol–water partition coefficient (Wildman–Crippen LogP) is 2.81. The average Bonchev–Trinajstić information content (AvgIpc) is 2.63. The molecule has 0 aliphatic carbocycles. The van der Waals surface area contributed by atoms with Crippen LogP contribution in [0.5, 0.6) is 5.75 Å². The van der Waals surface area contributed by atoms with Crippen molar-refractivity contribution in [1.29, 1.82) is 0 Å². The number of nitrogens with zero attached hydrogens (tertiary/aromatic N) is 1. The van der Waals surface area contributed by atoms with Gasteiger partial charge in [0.25, 0.3) is 0 Å². The first kappa shape index (κ1) is 20.2. The zero-order valence-corrected chi connectivity index (χ0v) is 16.9. The lowest BCUT2D eigenvalue weighted by atomic mass is 10.2. The second-order valence-corrected chi connectivity index (χ2v) is 9.09. The Hall–Kier alpha value is -2.58. The minimum atomic E-state index is -3.44. The molecule has 0 aromatic heterocycles. The Balaban J connectivity index is 1.82. The zero-order chi connectivity index (χ0) is 20.5. The van der Waals surface area contributed by atoms with Gasteiger partial charge >= 0.3 is 5.97 Å². The van der Waals surface area contributed by atoms with Gasteiger partial charge in [-0.2, -0.15) is 0 Å². The number of anilines is 2. The van der Waals surface area contributed by atoms with Crippen LogP contribution in [0.25, 0.3) is 0 Å². The largest absolute Gasteiger partial charge is 0.423 e. The molecule has 0 atom stereocenters. The number of fused-ring (bicyclic) bond motifs is 1. The third-order valence-electron chi connectivity index (χ3n) is 4.35. The van der Waals surface area contributed by atoms with Gasteiger partial charge in [-0.15, -0.1) is 0 Å². The smallest absolute Gasteiger partial charge is 0.331 e. The molecule has 3 rings (SSSR count). The summed E-state index contributed by atoms with van der Waals surface area (Å²) in [5.41, 5.74) is 1.92. The lowest BCUT2D eigenvalue weighted by molar-refractivity contribution is -0.133. The molecule has 1 aliphatic heterocycles. The molecule has 2 aromatic carbocycles. The second-order valence-electron chi connectivity index (χ2n) is 6.37. The van der Waals surface area contributed by atoms with Crippen molar-refractivity contribution in [3.05, 3.63) is 47.0 Å². The van der Waals surface area contributed by atoms with Crippen molar-refractivity contribution in [1.82, 2.24) is 0 Å². The van der Waals surface area contributed by atoms with E-state index in [0.29, 0.717) is 16.4 Å². The molecule has 148 valence electrons. The number of aryl methyl sites for hydroxylation is 1. The number of carbonyl (C=O) groups is 2. The van der Waals surface area contributed by atoms with Gasteiger partial charge in [-0.1, -0.05) is 18.5 Å². The molecule has 0 fully saturated rings. The topological polar surface area (TPSA) is 92.8 Å². The molecular formula is C19H19ClN2O5S. The average molecular weight is 423 g/mol. The Morgan fingerprint density at radius 3 is 2.68 bits per heavy atom. The van der Waals surface area contributed by atoms with Gasteiger partial charge in [0.1, 0.15) is 6.54 Å². The summed E-state index contributed by atoms with van der Waals surface area (Å²) in [6, 6.07) is 9.43. The van der Waals surface area contributed by atoms with E-state index in [2.05, 4.69) is 5.32 Å². The maximum Gasteiger partial charge on any atom is 0.331 e. The molecule has 2 aromatic rings. The Morgan fingerprint density at radius 2 is 2.00 bits per heavy atom. The SMILES string of the molecule is CCS(=O)(=O)c1ccc2c(c1)OC(=O)CN2CC(=O)Nc1ccc(Cl)cc1C. The molecule has 7 nitrogen and oxygen atoms in total. The van der Waals surface area contributed by atoms with Crippen LogP contribution in [0.3, 0.4) is 0 Å². The molecule has 1 aliphatic rings. The van der Waals surface area contributed by atoms with Crippen molar-refractivity contribution in [2.45, 2.75) is 18.7 Å². The van der Waals surface area contributed by atoms with E-state index in [1.165, 1.54) is 19.1 Å². The first-order valence-corrected chi connectivity index (χ1v) is 10.6. The van der Waals surface area contributed by atoms with Crippen LogP contribution in [-0.2, 0) is 19.4 Å². The van der Waals surface area contributed by atoms with Crippen molar-refractivity contribution >= 4 is 44.7 Å². The van der Waals surface area contributed by atoms with Gasteiger partial charge in [-0.25, -0.2) is 13.2 Å². The third-order valence-corrected chi connectivity index (χ3v) is 6.32. The third kappa shape index (κ3) is 4.28. The van der Waals surface area contributed by atoms with Crippen LogP contribution < -0.4 is 15.0 Å². The van der Waals surface area contributed by atoms with Crippen LogP contribution >= 0.6 is 11.6 Å². The summed E-state index contributed by atoms with van der Waals surface area (Å²) in [5.74, 6) is -0.821. The molecular weight excluding hydrogens is 404 g/mol. The van der Waals surface area contributed by atoms with Gasteiger partial charge in [0, 0.05) is 16.8 Å². The van der Waals surface area contributed by atoms with Crippen LogP contribution in [0, 0.1) is 6.92 Å². The fraction of sp³-hybridized carbons (Fsp3) is 0.263. The van der Waals surface area contributed by atoms with E-state index in [0.717, 1.165) is 5.56 Å². The highest BCUT2D eigenvalue weighted by molar-refractivity contribution is 7.91. The standard InChI is InChI=1S/C19H19ClN2O5S/c1-3-28(25,26)14-5-7-16-17(9-14)27-19(24)11-22(16)10-18(23)21-15-6-4-13(20)8-12(15)2/h4-9H,3,10-11H2,1-2H3,(H,21,23). The molecule has 28 heavy (non-hydrogen) atoms. The fourth-order valence-corrected chi connectivity index (χ4v) is 3.99. The molecule has 9 heteroatoms. The van der Waals surface area contributed by atoms with Gasteiger partial charge in [0.15, 0.2) is 15.6 Å². The van der Waals surface area contributed by atoms with Crippen molar-refractivity contribution < 1.29 is 22.7 Å². The monoisotopic (exact) mass is 422 g/mol. The summed E-state index contributed by atoms with van der Waals surface area (Å²) in [4.78, 5) is 26.0. The maximum absolute atomic E-state index is 12.5. The highest BCUT2D eigenvalue weighted by Gasteiger charge is 2.27. The van der Waals surface area contributed by atoms with E-state index in [1.807, 2.05) is 6.92 Å². The Morgan fingerprint density at radius 1 is 1.25 bits per heavy atom. The highest BCUT2D eigenvalue weighted by Crippen LogP contribution is 2.34. The Labute approximate surface area is 168 Å². The lowest BCUT2D eigenvalue weighted by Crippen LogP contribution is -2.41. The molecule has 0 bridgehead atoms. The minimum absolute atomic E-state index is 0.0632. The van der Waals surface area contributed by atoms with E-state index >= 15 is 0 Å². The molecule has 0 saturated carbocycles. The first-order chi connectivity index (χ1) is 13.2. The summed E-state index contributed by atoms with van der Waals surface area (Å²) in [5, 5.41) is 3.36. The number of carbonyl (C=O) groups excluding carboxylic acids is 2. The fourth-order valence-electron chi connectivity index (χ4n) is 2.86. The van der Waals surface area contributed by atoms with Crippen LogP contribution in [0.2, 0.25) is 5.02 Å². The van der Waals surface area contributed by atoms with Crippen molar-refractivity contribution in [2.75, 3.05) is 29.1 Å². The quantitative estimate of drug-likeness (QED) is 0.588. The van der Waals surface area contributed by atoms with Crippen molar-refractivity contribution in [3.63, 3.8) is 0 Å². The van der Waals surface area contributed by atoms with Crippen LogP contribution in [-0.4, -0.2) is 39.1 Å². The van der Waals surface area contributed by atoms with Gasteiger partial charge in [0.2, 0.25) is 5.91 Å².